The minimum atomic E-state index is -0.916. The lowest BCUT2D eigenvalue weighted by Gasteiger charge is -2.19. The Hall–Kier alpha value is -1.49. The zero-order valence-corrected chi connectivity index (χ0v) is 18.9. The lowest BCUT2D eigenvalue weighted by molar-refractivity contribution is -0.146. The monoisotopic (exact) mass is 425 g/mol. The van der Waals surface area contributed by atoms with Crippen LogP contribution in [-0.2, 0) is 16.0 Å². The van der Waals surface area contributed by atoms with Gasteiger partial charge in [0.25, 0.3) is 0 Å². The molecule has 0 amide bonds. The molecule has 0 spiro atoms. The summed E-state index contributed by atoms with van der Waals surface area (Å²) >= 11 is 0. The van der Waals surface area contributed by atoms with Gasteiger partial charge in [0.2, 0.25) is 0 Å². The van der Waals surface area contributed by atoms with Crippen LogP contribution in [-0.4, -0.2) is 18.6 Å². The van der Waals surface area contributed by atoms with E-state index in [0.717, 1.165) is 31.7 Å². The molecule has 0 saturated heterocycles. The maximum atomic E-state index is 13.3. The Kier molecular flexibility index (Phi) is 14.4. The van der Waals surface area contributed by atoms with Gasteiger partial charge in [-0.3, -0.25) is 4.79 Å². The quantitative estimate of drug-likeness (QED) is 0.223. The number of carbonyl (C=O) groups is 1. The van der Waals surface area contributed by atoms with Crippen molar-refractivity contribution in [2.45, 2.75) is 103 Å². The highest BCUT2D eigenvalue weighted by atomic mass is 19.1. The number of hydrogen-bond donors (Lipinski definition) is 1. The molecule has 1 aromatic rings. The molecule has 1 aromatic carbocycles. The molecule has 3 nitrogen and oxygen atoms in total. The highest BCUT2D eigenvalue weighted by Crippen LogP contribution is 2.20. The number of carbonyl (C=O) groups excluding carboxylic acids is 1. The zero-order valence-electron chi connectivity index (χ0n) is 18.9. The SMILES string of the molecule is CCCCCCCC(CCCCCCC)COC(=O)[C@@H](N)Cc1cc(F)cc(F)c1. The number of halogens is 2. The lowest BCUT2D eigenvalue weighted by atomic mass is 9.95. The fourth-order valence-corrected chi connectivity index (χ4v) is 3.76. The Morgan fingerprint density at radius 3 is 1.87 bits per heavy atom. The van der Waals surface area contributed by atoms with Gasteiger partial charge in [-0.05, 0) is 42.9 Å². The van der Waals surface area contributed by atoms with Gasteiger partial charge in [-0.1, -0.05) is 78.1 Å². The van der Waals surface area contributed by atoms with Crippen LogP contribution in [0.4, 0.5) is 8.78 Å². The van der Waals surface area contributed by atoms with Crippen LogP contribution in [0.15, 0.2) is 18.2 Å². The third-order valence-electron chi connectivity index (χ3n) is 5.57. The van der Waals surface area contributed by atoms with Gasteiger partial charge in [0.1, 0.15) is 17.7 Å². The fraction of sp³-hybridized carbons (Fsp3) is 0.720. The van der Waals surface area contributed by atoms with Crippen LogP contribution in [0.25, 0.3) is 0 Å². The average Bonchev–Trinajstić information content (AvgIpc) is 2.69. The van der Waals surface area contributed by atoms with Crippen LogP contribution in [0.1, 0.15) is 96.5 Å². The Morgan fingerprint density at radius 1 is 0.867 bits per heavy atom. The first kappa shape index (κ1) is 26.5. The van der Waals surface area contributed by atoms with Gasteiger partial charge in [0.15, 0.2) is 0 Å². The van der Waals surface area contributed by atoms with Crippen molar-refractivity contribution < 1.29 is 18.3 Å². The van der Waals surface area contributed by atoms with Gasteiger partial charge in [-0.25, -0.2) is 8.78 Å². The molecule has 0 unspecified atom stereocenters. The summed E-state index contributed by atoms with van der Waals surface area (Å²) in [5, 5.41) is 0. The second-order valence-corrected chi connectivity index (χ2v) is 8.49. The second kappa shape index (κ2) is 16.2. The Morgan fingerprint density at radius 2 is 1.37 bits per heavy atom. The minimum absolute atomic E-state index is 0.0617. The minimum Gasteiger partial charge on any atom is -0.464 e. The maximum absolute atomic E-state index is 13.3. The normalized spacial score (nSPS) is 12.3. The first-order chi connectivity index (χ1) is 14.5. The fourth-order valence-electron chi connectivity index (χ4n) is 3.76. The van der Waals surface area contributed by atoms with E-state index in [1.165, 1.54) is 63.5 Å². The van der Waals surface area contributed by atoms with E-state index < -0.39 is 23.6 Å². The van der Waals surface area contributed by atoms with E-state index >= 15 is 0 Å². The number of hydrogen-bond acceptors (Lipinski definition) is 3. The summed E-state index contributed by atoms with van der Waals surface area (Å²) in [5.41, 5.74) is 6.29. The molecule has 0 radical (unpaired) electrons. The molecule has 0 saturated carbocycles. The molecule has 0 aliphatic heterocycles. The van der Waals surface area contributed by atoms with E-state index in [-0.39, 0.29) is 6.42 Å². The van der Waals surface area contributed by atoms with E-state index in [2.05, 4.69) is 13.8 Å². The number of esters is 1. The third kappa shape index (κ3) is 12.3. The number of unbranched alkanes of at least 4 members (excludes halogenated alkanes) is 8. The molecule has 0 aromatic heterocycles. The van der Waals surface area contributed by atoms with Gasteiger partial charge in [-0.15, -0.1) is 0 Å². The summed E-state index contributed by atoms with van der Waals surface area (Å²) in [6.07, 6.45) is 14.5. The highest BCUT2D eigenvalue weighted by Gasteiger charge is 2.19. The smallest absolute Gasteiger partial charge is 0.323 e. The van der Waals surface area contributed by atoms with Crippen molar-refractivity contribution in [3.63, 3.8) is 0 Å². The first-order valence-electron chi connectivity index (χ1n) is 11.8. The maximum Gasteiger partial charge on any atom is 0.323 e. The number of nitrogens with two attached hydrogens (primary N) is 1. The molecule has 1 atom stereocenters. The van der Waals surface area contributed by atoms with E-state index in [1.54, 1.807) is 0 Å². The molecule has 0 bridgehead atoms. The summed E-state index contributed by atoms with van der Waals surface area (Å²) in [6, 6.07) is 2.29. The molecule has 0 heterocycles. The molecule has 5 heteroatoms. The number of benzene rings is 1. The number of ether oxygens (including phenoxy) is 1. The summed E-state index contributed by atoms with van der Waals surface area (Å²) in [6.45, 7) is 4.80. The first-order valence-corrected chi connectivity index (χ1v) is 11.8. The lowest BCUT2D eigenvalue weighted by Crippen LogP contribution is -2.35. The topological polar surface area (TPSA) is 52.3 Å². The number of rotatable bonds is 17. The van der Waals surface area contributed by atoms with E-state index in [4.69, 9.17) is 10.5 Å². The molecule has 2 N–H and O–H groups in total. The van der Waals surface area contributed by atoms with Crippen LogP contribution < -0.4 is 5.73 Å². The molecular weight excluding hydrogens is 384 g/mol. The van der Waals surface area contributed by atoms with Crippen molar-refractivity contribution in [1.82, 2.24) is 0 Å². The predicted molar refractivity (Wildman–Crippen MR) is 119 cm³/mol. The average molecular weight is 426 g/mol. The Balaban J connectivity index is 2.45. The zero-order chi connectivity index (χ0) is 22.2. The molecule has 30 heavy (non-hydrogen) atoms. The summed E-state index contributed by atoms with van der Waals surface area (Å²) in [5.74, 6) is -1.48. The second-order valence-electron chi connectivity index (χ2n) is 8.49. The van der Waals surface area contributed by atoms with Crippen molar-refractivity contribution in [1.29, 1.82) is 0 Å². The molecule has 172 valence electrons. The van der Waals surface area contributed by atoms with Gasteiger partial charge < -0.3 is 10.5 Å². The highest BCUT2D eigenvalue weighted by molar-refractivity contribution is 5.75. The van der Waals surface area contributed by atoms with Crippen molar-refractivity contribution in [2.75, 3.05) is 6.61 Å². The van der Waals surface area contributed by atoms with Gasteiger partial charge >= 0.3 is 5.97 Å². The van der Waals surface area contributed by atoms with Crippen LogP contribution in [0.5, 0.6) is 0 Å². The van der Waals surface area contributed by atoms with E-state index in [0.29, 0.717) is 18.1 Å². The van der Waals surface area contributed by atoms with Crippen molar-refractivity contribution in [2.24, 2.45) is 11.7 Å². The van der Waals surface area contributed by atoms with Gasteiger partial charge in [0, 0.05) is 6.07 Å². The van der Waals surface area contributed by atoms with Crippen LogP contribution in [0, 0.1) is 17.6 Å². The van der Waals surface area contributed by atoms with Crippen molar-refractivity contribution in [3.8, 4) is 0 Å². The Labute approximate surface area is 181 Å². The molecular formula is C25H41F2NO2. The molecule has 0 aliphatic rings. The van der Waals surface area contributed by atoms with Gasteiger partial charge in [-0.2, -0.15) is 0 Å². The summed E-state index contributed by atoms with van der Waals surface area (Å²) in [4.78, 5) is 12.3. The molecule has 0 aliphatic carbocycles. The third-order valence-corrected chi connectivity index (χ3v) is 5.57. The van der Waals surface area contributed by atoms with E-state index in [9.17, 15) is 13.6 Å². The van der Waals surface area contributed by atoms with Crippen LogP contribution in [0.2, 0.25) is 0 Å². The molecule has 1 rings (SSSR count). The summed E-state index contributed by atoms with van der Waals surface area (Å²) in [7, 11) is 0. The van der Waals surface area contributed by atoms with Crippen LogP contribution >= 0.6 is 0 Å². The van der Waals surface area contributed by atoms with Crippen molar-refractivity contribution in [3.05, 3.63) is 35.4 Å². The van der Waals surface area contributed by atoms with Crippen molar-refractivity contribution >= 4 is 5.97 Å². The summed E-state index contributed by atoms with van der Waals surface area (Å²) < 4.78 is 32.2. The van der Waals surface area contributed by atoms with E-state index in [1.807, 2.05) is 0 Å². The van der Waals surface area contributed by atoms with Crippen LogP contribution in [0.3, 0.4) is 0 Å². The molecule has 0 fully saturated rings. The largest absolute Gasteiger partial charge is 0.464 e. The van der Waals surface area contributed by atoms with Gasteiger partial charge in [0.05, 0.1) is 6.61 Å². The Bertz CT molecular complexity index is 560. The predicted octanol–water partition coefficient (Wildman–Crippen LogP) is 6.72. The standard InChI is InChI=1S/C25H41F2NO2/c1-3-5-7-9-11-13-20(14-12-10-8-6-4-2)19-30-25(29)24(28)17-21-15-22(26)18-23(27)16-21/h15-16,18,20,24H,3-14,17,19,28H2,1-2H3/t24-/m0/s1.